The van der Waals surface area contributed by atoms with E-state index in [0.29, 0.717) is 0 Å². The van der Waals surface area contributed by atoms with Gasteiger partial charge >= 0.3 is 29.8 Å². The number of thiocarbonyl (C=S) groups is 1. The van der Waals surface area contributed by atoms with Crippen molar-refractivity contribution in [2.24, 2.45) is 0 Å². The lowest BCUT2D eigenvalue weighted by molar-refractivity contribution is -0.210. The maximum atomic E-state index is 12.8. The van der Waals surface area contributed by atoms with Crippen molar-refractivity contribution in [2.45, 2.75) is 79.0 Å². The van der Waals surface area contributed by atoms with E-state index in [-0.39, 0.29) is 0 Å². The molecule has 200 valence electrons. The minimum absolute atomic E-state index is 0.471. The van der Waals surface area contributed by atoms with Crippen LogP contribution in [0, 0.1) is 0 Å². The fourth-order valence-corrected chi connectivity index (χ4v) is 4.07. The summed E-state index contributed by atoms with van der Waals surface area (Å²) in [5, 5.41) is -0.471. The molecule has 15 heteroatoms. The Morgan fingerprint density at radius 2 is 1.22 bits per heavy atom. The van der Waals surface area contributed by atoms with Gasteiger partial charge in [-0.25, -0.2) is 4.90 Å². The minimum atomic E-state index is -1.69. The summed E-state index contributed by atoms with van der Waals surface area (Å²) in [4.78, 5) is 86.1. The molecule has 1 saturated heterocycles. The minimum Gasteiger partial charge on any atom is -0.462 e. The first-order valence-corrected chi connectivity index (χ1v) is 10.9. The van der Waals surface area contributed by atoms with Crippen molar-refractivity contribution in [3.63, 3.8) is 0 Å². The highest BCUT2D eigenvalue weighted by molar-refractivity contribution is 7.80. The molecule has 2 amide bonds. The second kappa shape index (κ2) is 12.9. The number of carbonyl (C=O) groups is 7. The standard InChI is InChI=1S/C21H28N2O12S/c1-9(24)22-17(18(33-13(5)28)16(32-12(4)27)8-31-11(3)26)19(34-14(6)29)20(35-15(7)30)23(10(2)25)21(22)36/h16-20H,8H2,1-7H3/t16-,17+,18-,19-,20-/m1/s1. The van der Waals surface area contributed by atoms with Crippen LogP contribution in [0.25, 0.3) is 0 Å². The van der Waals surface area contributed by atoms with E-state index in [1.165, 1.54) is 0 Å². The number of hydrogen-bond acceptors (Lipinski definition) is 13. The monoisotopic (exact) mass is 532 g/mol. The molecule has 1 aliphatic heterocycles. The van der Waals surface area contributed by atoms with Gasteiger partial charge < -0.3 is 23.7 Å². The van der Waals surface area contributed by atoms with Crippen LogP contribution in [0.5, 0.6) is 0 Å². The zero-order chi connectivity index (χ0) is 27.9. The predicted molar refractivity (Wildman–Crippen MR) is 120 cm³/mol. The summed E-state index contributed by atoms with van der Waals surface area (Å²) < 4.78 is 26.2. The highest BCUT2D eigenvalue weighted by atomic mass is 32.1. The summed E-state index contributed by atoms with van der Waals surface area (Å²) in [6, 6.07) is -1.59. The Morgan fingerprint density at radius 3 is 1.61 bits per heavy atom. The molecule has 0 aliphatic carbocycles. The molecule has 0 aromatic rings. The van der Waals surface area contributed by atoms with Gasteiger partial charge in [0.05, 0.1) is 0 Å². The molecule has 1 rings (SSSR count). The van der Waals surface area contributed by atoms with Gasteiger partial charge in [-0.05, 0) is 12.2 Å². The first kappa shape index (κ1) is 30.4. The van der Waals surface area contributed by atoms with Crippen LogP contribution in [-0.4, -0.2) is 93.8 Å². The third-order valence-corrected chi connectivity index (χ3v) is 5.02. The predicted octanol–water partition coefficient (Wildman–Crippen LogP) is -0.402. The van der Waals surface area contributed by atoms with E-state index in [0.717, 1.165) is 58.3 Å². The smallest absolute Gasteiger partial charge is 0.304 e. The number of rotatable bonds is 8. The van der Waals surface area contributed by atoms with Gasteiger partial charge in [-0.15, -0.1) is 0 Å². The van der Waals surface area contributed by atoms with E-state index in [1.807, 2.05) is 0 Å². The zero-order valence-corrected chi connectivity index (χ0v) is 21.6. The molecule has 0 saturated carbocycles. The van der Waals surface area contributed by atoms with Crippen molar-refractivity contribution in [1.82, 2.24) is 9.80 Å². The van der Waals surface area contributed by atoms with Crippen LogP contribution in [0.2, 0.25) is 0 Å². The Balaban J connectivity index is 3.91. The first-order valence-electron chi connectivity index (χ1n) is 10.5. The molecule has 1 aliphatic rings. The van der Waals surface area contributed by atoms with Crippen molar-refractivity contribution >= 4 is 59.0 Å². The summed E-state index contributed by atoms with van der Waals surface area (Å²) in [7, 11) is 0. The molecule has 0 unspecified atom stereocenters. The van der Waals surface area contributed by atoms with Gasteiger partial charge in [0.15, 0.2) is 23.4 Å². The molecule has 0 N–H and O–H groups in total. The molecule has 0 spiro atoms. The van der Waals surface area contributed by atoms with Gasteiger partial charge in [-0.1, -0.05) is 0 Å². The molecule has 36 heavy (non-hydrogen) atoms. The Bertz CT molecular complexity index is 951. The van der Waals surface area contributed by atoms with Crippen molar-refractivity contribution < 1.29 is 57.2 Å². The van der Waals surface area contributed by atoms with Gasteiger partial charge in [0.2, 0.25) is 18.0 Å². The van der Waals surface area contributed by atoms with Crippen molar-refractivity contribution in [3.05, 3.63) is 0 Å². The quantitative estimate of drug-likeness (QED) is 0.225. The Kier molecular flexibility index (Phi) is 10.9. The average Bonchev–Trinajstić information content (AvgIpc) is 2.69. The summed E-state index contributed by atoms with van der Waals surface area (Å²) in [5.41, 5.74) is 0. The second-order valence-electron chi connectivity index (χ2n) is 7.65. The first-order chi connectivity index (χ1) is 16.6. The number of ether oxygens (including phenoxy) is 5. The lowest BCUT2D eigenvalue weighted by Gasteiger charge is -2.50. The van der Waals surface area contributed by atoms with Crippen LogP contribution in [0.4, 0.5) is 0 Å². The van der Waals surface area contributed by atoms with E-state index in [1.54, 1.807) is 0 Å². The van der Waals surface area contributed by atoms with Gasteiger partial charge in [-0.3, -0.25) is 38.5 Å². The molecule has 0 aromatic heterocycles. The van der Waals surface area contributed by atoms with E-state index in [2.05, 4.69) is 0 Å². The summed E-state index contributed by atoms with van der Waals surface area (Å²) >= 11 is 5.33. The van der Waals surface area contributed by atoms with Crippen LogP contribution in [0.15, 0.2) is 0 Å². The van der Waals surface area contributed by atoms with Gasteiger partial charge in [0.25, 0.3) is 0 Å². The summed E-state index contributed by atoms with van der Waals surface area (Å²) in [5.74, 6) is -5.95. The van der Waals surface area contributed by atoms with Crippen LogP contribution in [-0.2, 0) is 57.2 Å². The van der Waals surface area contributed by atoms with Gasteiger partial charge in [-0.2, -0.15) is 0 Å². The topological polar surface area (TPSA) is 172 Å². The zero-order valence-electron chi connectivity index (χ0n) is 20.8. The van der Waals surface area contributed by atoms with E-state index in [9.17, 15) is 33.6 Å². The van der Waals surface area contributed by atoms with Crippen molar-refractivity contribution in [1.29, 1.82) is 0 Å². The number of hydrogen-bond donors (Lipinski definition) is 0. The summed E-state index contributed by atoms with van der Waals surface area (Å²) in [6.45, 7) is 6.64. The molecular formula is C21H28N2O12S. The highest BCUT2D eigenvalue weighted by Gasteiger charge is 2.57. The fraction of sp³-hybridized carbons (Fsp3) is 0.619. The SMILES string of the molecule is CC(=O)OC[C@@H](OC(C)=O)[C@@H](OC(C)=O)[C@H]1[C@@H](OC(C)=O)[C@@H](OC(C)=O)N(C(C)=O)C(=S)N1C(C)=O. The molecule has 1 fully saturated rings. The van der Waals surface area contributed by atoms with Crippen LogP contribution in [0.3, 0.4) is 0 Å². The van der Waals surface area contributed by atoms with Crippen LogP contribution < -0.4 is 0 Å². The molecule has 5 atom stereocenters. The van der Waals surface area contributed by atoms with Crippen LogP contribution >= 0.6 is 12.2 Å². The Hall–Kier alpha value is -3.62. The summed E-state index contributed by atoms with van der Waals surface area (Å²) in [6.07, 6.45) is -6.60. The maximum absolute atomic E-state index is 12.8. The third-order valence-electron chi connectivity index (χ3n) is 4.62. The largest absolute Gasteiger partial charge is 0.462 e. The third kappa shape index (κ3) is 7.96. The molecule has 0 bridgehead atoms. The normalized spacial score (nSPS) is 21.0. The maximum Gasteiger partial charge on any atom is 0.304 e. The lowest BCUT2D eigenvalue weighted by atomic mass is 9.93. The average molecular weight is 533 g/mol. The van der Waals surface area contributed by atoms with Gasteiger partial charge in [0.1, 0.15) is 12.6 Å². The number of esters is 5. The van der Waals surface area contributed by atoms with E-state index in [4.69, 9.17) is 35.9 Å². The second-order valence-corrected chi connectivity index (χ2v) is 8.01. The molecule has 0 aromatic carbocycles. The molecular weight excluding hydrogens is 504 g/mol. The highest BCUT2D eigenvalue weighted by Crippen LogP contribution is 2.32. The number of nitrogens with zero attached hydrogens (tertiary/aromatic N) is 2. The number of amides is 2. The lowest BCUT2D eigenvalue weighted by Crippen LogP contribution is -2.73. The van der Waals surface area contributed by atoms with Crippen molar-refractivity contribution in [2.75, 3.05) is 6.61 Å². The Morgan fingerprint density at radius 1 is 0.722 bits per heavy atom. The van der Waals surface area contributed by atoms with Gasteiger partial charge in [0, 0.05) is 48.5 Å². The fourth-order valence-electron chi connectivity index (χ4n) is 3.58. The molecule has 1 heterocycles. The van der Waals surface area contributed by atoms with E-state index >= 15 is 0 Å². The molecule has 0 radical (unpaired) electrons. The van der Waals surface area contributed by atoms with E-state index < -0.39 is 84.0 Å². The Labute approximate surface area is 212 Å². The molecule has 14 nitrogen and oxygen atoms in total. The van der Waals surface area contributed by atoms with Crippen molar-refractivity contribution in [3.8, 4) is 0 Å². The number of carbonyl (C=O) groups excluding carboxylic acids is 7. The van der Waals surface area contributed by atoms with Crippen LogP contribution in [0.1, 0.15) is 48.5 Å².